The number of carbonyl (C=O) groups excluding carboxylic acids is 3. The maximum absolute atomic E-state index is 12.7. The molecule has 0 aliphatic carbocycles. The molecule has 0 saturated carbocycles. The van der Waals surface area contributed by atoms with Crippen LogP contribution in [0.3, 0.4) is 0 Å². The van der Waals surface area contributed by atoms with Gasteiger partial charge >= 0.3 is 5.97 Å². The molecule has 1 saturated heterocycles. The molecule has 1 aliphatic heterocycles. The van der Waals surface area contributed by atoms with E-state index in [1.54, 1.807) is 43.3 Å². The van der Waals surface area contributed by atoms with Gasteiger partial charge in [0, 0.05) is 21.8 Å². The summed E-state index contributed by atoms with van der Waals surface area (Å²) in [6.45, 7) is 1.97. The van der Waals surface area contributed by atoms with Crippen molar-refractivity contribution in [1.29, 1.82) is 0 Å². The summed E-state index contributed by atoms with van der Waals surface area (Å²) in [4.78, 5) is 48.1. The zero-order valence-corrected chi connectivity index (χ0v) is 15.3. The SMILES string of the molecule is CCOC(=O)c1ccc(N2NC(=O)/C(=C/c3cccc([N+](C)=O)c3)C2=O)cc1. The molecule has 0 unspecified atom stereocenters. The summed E-state index contributed by atoms with van der Waals surface area (Å²) in [5, 5.41) is 1.10. The number of nitrogens with zero attached hydrogens (tertiary/aromatic N) is 2. The highest BCUT2D eigenvalue weighted by Crippen LogP contribution is 2.23. The molecule has 1 N–H and O–H groups in total. The molecular weight excluding hydrogens is 362 g/mol. The lowest BCUT2D eigenvalue weighted by atomic mass is 10.1. The van der Waals surface area contributed by atoms with Gasteiger partial charge in [-0.25, -0.2) is 9.80 Å². The van der Waals surface area contributed by atoms with E-state index in [-0.39, 0.29) is 12.2 Å². The van der Waals surface area contributed by atoms with Gasteiger partial charge in [-0.3, -0.25) is 15.0 Å². The monoisotopic (exact) mass is 380 g/mol. The summed E-state index contributed by atoms with van der Waals surface area (Å²) in [7, 11) is 1.36. The molecule has 0 aromatic heterocycles. The van der Waals surface area contributed by atoms with Crippen molar-refractivity contribution in [1.82, 2.24) is 5.43 Å². The molecule has 8 heteroatoms. The predicted octanol–water partition coefficient (Wildman–Crippen LogP) is 2.36. The number of hydrogen-bond donors (Lipinski definition) is 1. The first-order valence-electron chi connectivity index (χ1n) is 8.56. The van der Waals surface area contributed by atoms with Crippen molar-refractivity contribution >= 4 is 35.2 Å². The third kappa shape index (κ3) is 3.80. The number of nitrogens with one attached hydrogen (secondary N) is 1. The van der Waals surface area contributed by atoms with Gasteiger partial charge in [-0.1, -0.05) is 12.1 Å². The summed E-state index contributed by atoms with van der Waals surface area (Å²) < 4.78 is 5.61. The molecule has 2 amide bonds. The normalized spacial score (nSPS) is 14.9. The molecule has 8 nitrogen and oxygen atoms in total. The van der Waals surface area contributed by atoms with E-state index in [0.29, 0.717) is 27.3 Å². The van der Waals surface area contributed by atoms with Crippen molar-refractivity contribution in [2.75, 3.05) is 18.7 Å². The average Bonchev–Trinajstić information content (AvgIpc) is 2.97. The zero-order chi connectivity index (χ0) is 20.3. The zero-order valence-electron chi connectivity index (χ0n) is 15.3. The van der Waals surface area contributed by atoms with Crippen LogP contribution in [-0.4, -0.2) is 36.2 Å². The molecule has 2 aromatic carbocycles. The van der Waals surface area contributed by atoms with Crippen molar-refractivity contribution < 1.29 is 23.9 Å². The van der Waals surface area contributed by atoms with E-state index in [1.807, 2.05) is 0 Å². The Labute approximate surface area is 160 Å². The minimum Gasteiger partial charge on any atom is -0.462 e. The maximum Gasteiger partial charge on any atom is 0.338 e. The predicted molar refractivity (Wildman–Crippen MR) is 102 cm³/mol. The molecule has 28 heavy (non-hydrogen) atoms. The molecule has 0 bridgehead atoms. The fourth-order valence-corrected chi connectivity index (χ4v) is 2.68. The van der Waals surface area contributed by atoms with Crippen LogP contribution in [0, 0.1) is 4.91 Å². The van der Waals surface area contributed by atoms with Gasteiger partial charge in [0.1, 0.15) is 5.57 Å². The second-order valence-corrected chi connectivity index (χ2v) is 6.00. The molecule has 3 rings (SSSR count). The van der Waals surface area contributed by atoms with Crippen LogP contribution in [0.25, 0.3) is 6.08 Å². The highest BCUT2D eigenvalue weighted by atomic mass is 16.5. The van der Waals surface area contributed by atoms with Gasteiger partial charge in [0.2, 0.25) is 0 Å². The van der Waals surface area contributed by atoms with Gasteiger partial charge in [0.15, 0.2) is 7.05 Å². The summed E-state index contributed by atoms with van der Waals surface area (Å²) in [5.74, 6) is -1.55. The summed E-state index contributed by atoms with van der Waals surface area (Å²) >= 11 is 0. The van der Waals surface area contributed by atoms with Gasteiger partial charge < -0.3 is 4.74 Å². The van der Waals surface area contributed by atoms with Gasteiger partial charge in [-0.05, 0) is 42.8 Å². The van der Waals surface area contributed by atoms with Crippen molar-refractivity contribution in [2.24, 2.45) is 0 Å². The van der Waals surface area contributed by atoms with E-state index in [2.05, 4.69) is 5.43 Å². The number of ether oxygens (including phenoxy) is 1. The molecule has 0 atom stereocenters. The fourth-order valence-electron chi connectivity index (χ4n) is 2.68. The number of hydrogen-bond acceptors (Lipinski definition) is 5. The highest BCUT2D eigenvalue weighted by molar-refractivity contribution is 6.31. The molecule has 1 heterocycles. The maximum atomic E-state index is 12.7. The Bertz CT molecular complexity index is 995. The van der Waals surface area contributed by atoms with E-state index < -0.39 is 17.8 Å². The first-order chi connectivity index (χ1) is 13.4. The van der Waals surface area contributed by atoms with E-state index in [4.69, 9.17) is 4.74 Å². The summed E-state index contributed by atoms with van der Waals surface area (Å²) in [5.41, 5.74) is 4.15. The van der Waals surface area contributed by atoms with Gasteiger partial charge in [-0.15, -0.1) is 0 Å². The van der Waals surface area contributed by atoms with Crippen molar-refractivity contribution in [3.63, 3.8) is 0 Å². The van der Waals surface area contributed by atoms with Gasteiger partial charge in [-0.2, -0.15) is 0 Å². The van der Waals surface area contributed by atoms with Crippen LogP contribution in [0.15, 0.2) is 54.1 Å². The van der Waals surface area contributed by atoms with E-state index in [0.717, 1.165) is 5.01 Å². The van der Waals surface area contributed by atoms with Crippen LogP contribution in [-0.2, 0) is 14.3 Å². The van der Waals surface area contributed by atoms with Crippen LogP contribution in [0.2, 0.25) is 0 Å². The smallest absolute Gasteiger partial charge is 0.338 e. The second-order valence-electron chi connectivity index (χ2n) is 6.00. The van der Waals surface area contributed by atoms with Crippen LogP contribution < -0.4 is 10.4 Å². The topological polar surface area (TPSA) is 95.8 Å². The van der Waals surface area contributed by atoms with Crippen LogP contribution >= 0.6 is 0 Å². The summed E-state index contributed by atoms with van der Waals surface area (Å²) in [6.07, 6.45) is 1.43. The molecular formula is C20H18N3O5+. The Morgan fingerprint density at radius 3 is 2.54 bits per heavy atom. The Morgan fingerprint density at radius 2 is 1.89 bits per heavy atom. The third-order valence-corrected chi connectivity index (χ3v) is 4.07. The molecule has 1 aliphatic rings. The van der Waals surface area contributed by atoms with Gasteiger partial charge in [0.05, 0.1) is 17.9 Å². The lowest BCUT2D eigenvalue weighted by Gasteiger charge is -2.14. The number of benzene rings is 2. The molecule has 0 spiro atoms. The Hall–Kier alpha value is -3.81. The first kappa shape index (κ1) is 19.0. The number of amides is 2. The van der Waals surface area contributed by atoms with E-state index in [9.17, 15) is 19.3 Å². The van der Waals surface area contributed by atoms with Crippen molar-refractivity contribution in [3.8, 4) is 0 Å². The lowest BCUT2D eigenvalue weighted by molar-refractivity contribution is -0.428. The van der Waals surface area contributed by atoms with E-state index in [1.165, 1.54) is 25.3 Å². The molecule has 2 aromatic rings. The van der Waals surface area contributed by atoms with Crippen LogP contribution in [0.1, 0.15) is 22.8 Å². The Kier molecular flexibility index (Phi) is 5.30. The Balaban J connectivity index is 1.84. The number of anilines is 1. The summed E-state index contributed by atoms with van der Waals surface area (Å²) in [6, 6.07) is 12.7. The third-order valence-electron chi connectivity index (χ3n) is 4.07. The van der Waals surface area contributed by atoms with Crippen LogP contribution in [0.4, 0.5) is 11.4 Å². The number of carbonyl (C=O) groups is 3. The minimum atomic E-state index is -0.555. The average molecular weight is 380 g/mol. The molecule has 0 radical (unpaired) electrons. The largest absolute Gasteiger partial charge is 0.462 e. The quantitative estimate of drug-likeness (QED) is 0.372. The van der Waals surface area contributed by atoms with E-state index >= 15 is 0 Å². The first-order valence-corrected chi connectivity index (χ1v) is 8.56. The van der Waals surface area contributed by atoms with Crippen molar-refractivity contribution in [3.05, 3.63) is 70.1 Å². The van der Waals surface area contributed by atoms with Gasteiger partial charge in [0.25, 0.3) is 17.5 Å². The van der Waals surface area contributed by atoms with Crippen LogP contribution in [0.5, 0.6) is 0 Å². The number of nitroso groups, excluding NO2 is 1. The Morgan fingerprint density at radius 1 is 1.18 bits per heavy atom. The second kappa shape index (κ2) is 7.83. The standard InChI is InChI=1S/C20H17N3O5/c1-3-28-20(26)14-7-9-15(10-8-14)23-19(25)17(18(24)21-23)12-13-5-4-6-16(11-13)22(2)27/h4-12H,3H2,1-2H3/p+1/b17-12-. The van der Waals surface area contributed by atoms with Crippen molar-refractivity contribution in [2.45, 2.75) is 6.92 Å². The number of esters is 1. The number of hydrazine groups is 1. The fraction of sp³-hybridized carbons (Fsp3) is 0.150. The number of rotatable bonds is 5. The molecule has 142 valence electrons. The molecule has 1 fully saturated rings. The minimum absolute atomic E-state index is 0.0554. The highest BCUT2D eigenvalue weighted by Gasteiger charge is 2.34. The lowest BCUT2D eigenvalue weighted by Crippen LogP contribution is -2.35.